The highest BCUT2D eigenvalue weighted by molar-refractivity contribution is 6.30. The van der Waals surface area contributed by atoms with Crippen molar-refractivity contribution in [2.75, 3.05) is 12.8 Å². The van der Waals surface area contributed by atoms with Gasteiger partial charge in [-0.1, -0.05) is 29.8 Å². The van der Waals surface area contributed by atoms with Crippen LogP contribution in [0.1, 0.15) is 0 Å². The van der Waals surface area contributed by atoms with E-state index in [2.05, 4.69) is 4.98 Å². The minimum Gasteiger partial charge on any atom is -0.495 e. The topological polar surface area (TPSA) is 61.3 Å². The molecule has 0 atom stereocenters. The quantitative estimate of drug-likeness (QED) is 0.502. The van der Waals surface area contributed by atoms with Crippen molar-refractivity contribution in [2.45, 2.75) is 0 Å². The molecule has 3 aromatic carbocycles. The summed E-state index contributed by atoms with van der Waals surface area (Å²) < 4.78 is 11.0. The van der Waals surface area contributed by atoms with E-state index in [0.29, 0.717) is 22.4 Å². The Morgan fingerprint density at radius 2 is 1.76 bits per heavy atom. The largest absolute Gasteiger partial charge is 0.495 e. The van der Waals surface area contributed by atoms with Crippen LogP contribution in [0.5, 0.6) is 5.75 Å². The van der Waals surface area contributed by atoms with Crippen molar-refractivity contribution in [3.8, 4) is 28.3 Å². The van der Waals surface area contributed by atoms with Gasteiger partial charge in [-0.25, -0.2) is 4.98 Å². The summed E-state index contributed by atoms with van der Waals surface area (Å²) in [4.78, 5) is 4.59. The van der Waals surface area contributed by atoms with E-state index in [-0.39, 0.29) is 0 Å². The molecule has 4 rings (SSSR count). The van der Waals surface area contributed by atoms with Crippen LogP contribution < -0.4 is 10.5 Å². The van der Waals surface area contributed by atoms with Gasteiger partial charge in [-0.05, 0) is 53.6 Å². The molecule has 0 radical (unpaired) electrons. The Hall–Kier alpha value is -2.98. The molecule has 0 saturated carbocycles. The number of hydrogen-bond acceptors (Lipinski definition) is 4. The standard InChI is InChI=1S/C20H15ClN2O2/c1-24-18-7-6-14(10-16(18)22)20-23-17-11-13(5-8-19(17)25-20)12-3-2-4-15(21)9-12/h2-11H,22H2,1H3. The molecule has 0 amide bonds. The number of hydrogen-bond donors (Lipinski definition) is 1. The zero-order chi connectivity index (χ0) is 17.4. The molecule has 0 aliphatic heterocycles. The third kappa shape index (κ3) is 2.92. The molecule has 1 heterocycles. The summed E-state index contributed by atoms with van der Waals surface area (Å²) in [7, 11) is 1.59. The molecule has 0 aliphatic rings. The van der Waals surface area contributed by atoms with E-state index in [1.54, 1.807) is 19.2 Å². The molecule has 5 heteroatoms. The van der Waals surface area contributed by atoms with Crippen molar-refractivity contribution in [3.63, 3.8) is 0 Å². The van der Waals surface area contributed by atoms with Gasteiger partial charge < -0.3 is 14.9 Å². The summed E-state index contributed by atoms with van der Waals surface area (Å²) in [6.07, 6.45) is 0. The summed E-state index contributed by atoms with van der Waals surface area (Å²) in [5.41, 5.74) is 10.9. The van der Waals surface area contributed by atoms with Crippen molar-refractivity contribution in [1.29, 1.82) is 0 Å². The van der Waals surface area contributed by atoms with Gasteiger partial charge in [0, 0.05) is 10.6 Å². The fourth-order valence-corrected chi connectivity index (χ4v) is 2.96. The Labute approximate surface area is 149 Å². The first-order valence-corrected chi connectivity index (χ1v) is 8.12. The summed E-state index contributed by atoms with van der Waals surface area (Å²) in [6.45, 7) is 0. The Morgan fingerprint density at radius 3 is 2.52 bits per heavy atom. The molecular formula is C20H15ClN2O2. The van der Waals surface area contributed by atoms with Crippen LogP contribution in [-0.2, 0) is 0 Å². The number of aromatic nitrogens is 1. The molecule has 4 aromatic rings. The van der Waals surface area contributed by atoms with E-state index < -0.39 is 0 Å². The number of ether oxygens (including phenoxy) is 1. The lowest BCUT2D eigenvalue weighted by Crippen LogP contribution is -1.92. The first-order chi connectivity index (χ1) is 12.1. The number of nitrogen functional groups attached to an aromatic ring is 1. The van der Waals surface area contributed by atoms with Crippen molar-refractivity contribution in [1.82, 2.24) is 4.98 Å². The molecule has 2 N–H and O–H groups in total. The number of rotatable bonds is 3. The minimum absolute atomic E-state index is 0.521. The number of anilines is 1. The van der Waals surface area contributed by atoms with Crippen LogP contribution in [0.2, 0.25) is 5.02 Å². The lowest BCUT2D eigenvalue weighted by Gasteiger charge is -2.04. The van der Waals surface area contributed by atoms with E-state index in [4.69, 9.17) is 26.5 Å². The van der Waals surface area contributed by atoms with Gasteiger partial charge in [0.25, 0.3) is 0 Å². The van der Waals surface area contributed by atoms with Gasteiger partial charge in [-0.2, -0.15) is 0 Å². The van der Waals surface area contributed by atoms with Gasteiger partial charge in [-0.15, -0.1) is 0 Å². The van der Waals surface area contributed by atoms with E-state index in [9.17, 15) is 0 Å². The smallest absolute Gasteiger partial charge is 0.227 e. The molecule has 0 spiro atoms. The van der Waals surface area contributed by atoms with E-state index >= 15 is 0 Å². The van der Waals surface area contributed by atoms with E-state index in [0.717, 1.165) is 27.8 Å². The summed E-state index contributed by atoms with van der Waals surface area (Å²) in [5.74, 6) is 1.15. The van der Waals surface area contributed by atoms with Crippen LogP contribution in [-0.4, -0.2) is 12.1 Å². The number of benzene rings is 3. The van der Waals surface area contributed by atoms with Crippen LogP contribution in [0.25, 0.3) is 33.7 Å². The van der Waals surface area contributed by atoms with Crippen molar-refractivity contribution < 1.29 is 9.15 Å². The maximum absolute atomic E-state index is 6.08. The monoisotopic (exact) mass is 350 g/mol. The first-order valence-electron chi connectivity index (χ1n) is 7.74. The molecular weight excluding hydrogens is 336 g/mol. The zero-order valence-electron chi connectivity index (χ0n) is 13.5. The van der Waals surface area contributed by atoms with Crippen LogP contribution >= 0.6 is 11.6 Å². The Balaban J connectivity index is 1.77. The first kappa shape index (κ1) is 15.5. The normalized spacial score (nSPS) is 11.0. The van der Waals surface area contributed by atoms with Crippen molar-refractivity contribution in [2.24, 2.45) is 0 Å². The minimum atomic E-state index is 0.521. The van der Waals surface area contributed by atoms with E-state index in [1.165, 1.54) is 0 Å². The highest BCUT2D eigenvalue weighted by Gasteiger charge is 2.11. The maximum atomic E-state index is 6.08. The number of halogens is 1. The predicted octanol–water partition coefficient (Wildman–Crippen LogP) is 5.41. The molecule has 4 nitrogen and oxygen atoms in total. The molecule has 0 fully saturated rings. The third-order valence-corrected chi connectivity index (χ3v) is 4.26. The lowest BCUT2D eigenvalue weighted by molar-refractivity contribution is 0.417. The second kappa shape index (κ2) is 6.15. The van der Waals surface area contributed by atoms with Crippen LogP contribution in [0, 0.1) is 0 Å². The number of nitrogens with zero attached hydrogens (tertiary/aromatic N) is 1. The highest BCUT2D eigenvalue weighted by atomic mass is 35.5. The fraction of sp³-hybridized carbons (Fsp3) is 0.0500. The molecule has 0 bridgehead atoms. The van der Waals surface area contributed by atoms with Gasteiger partial charge >= 0.3 is 0 Å². The van der Waals surface area contributed by atoms with Gasteiger partial charge in [-0.3, -0.25) is 0 Å². The Kier molecular flexibility index (Phi) is 3.82. The van der Waals surface area contributed by atoms with Crippen molar-refractivity contribution >= 4 is 28.4 Å². The molecule has 0 unspecified atom stereocenters. The summed E-state index contributed by atoms with van der Waals surface area (Å²) >= 11 is 6.08. The third-order valence-electron chi connectivity index (χ3n) is 4.02. The molecule has 0 aliphatic carbocycles. The lowest BCUT2D eigenvalue weighted by atomic mass is 10.1. The number of fused-ring (bicyclic) bond motifs is 1. The van der Waals surface area contributed by atoms with Gasteiger partial charge in [0.05, 0.1) is 12.8 Å². The number of nitrogens with two attached hydrogens (primary N) is 1. The Morgan fingerprint density at radius 1 is 0.960 bits per heavy atom. The summed E-state index contributed by atoms with van der Waals surface area (Å²) in [6, 6.07) is 19.1. The summed E-state index contributed by atoms with van der Waals surface area (Å²) in [5, 5.41) is 0.701. The molecule has 124 valence electrons. The number of oxazole rings is 1. The second-order valence-electron chi connectivity index (χ2n) is 5.67. The van der Waals surface area contributed by atoms with Crippen LogP contribution in [0.15, 0.2) is 65.1 Å². The maximum Gasteiger partial charge on any atom is 0.227 e. The van der Waals surface area contributed by atoms with Gasteiger partial charge in [0.2, 0.25) is 5.89 Å². The highest BCUT2D eigenvalue weighted by Crippen LogP contribution is 2.32. The average molecular weight is 351 g/mol. The fourth-order valence-electron chi connectivity index (χ4n) is 2.77. The second-order valence-corrected chi connectivity index (χ2v) is 6.11. The van der Waals surface area contributed by atoms with Crippen LogP contribution in [0.4, 0.5) is 5.69 Å². The zero-order valence-corrected chi connectivity index (χ0v) is 14.2. The average Bonchev–Trinajstić information content (AvgIpc) is 3.05. The molecule has 25 heavy (non-hydrogen) atoms. The molecule has 1 aromatic heterocycles. The molecule has 0 saturated heterocycles. The van der Waals surface area contributed by atoms with Crippen LogP contribution in [0.3, 0.4) is 0 Å². The van der Waals surface area contributed by atoms with Gasteiger partial charge in [0.15, 0.2) is 5.58 Å². The predicted molar refractivity (Wildman–Crippen MR) is 101 cm³/mol. The SMILES string of the molecule is COc1ccc(-c2nc3cc(-c4cccc(Cl)c4)ccc3o2)cc1N. The van der Waals surface area contributed by atoms with Crippen molar-refractivity contribution in [3.05, 3.63) is 65.7 Å². The van der Waals surface area contributed by atoms with E-state index in [1.807, 2.05) is 48.5 Å². The number of methoxy groups -OCH3 is 1. The van der Waals surface area contributed by atoms with Gasteiger partial charge in [0.1, 0.15) is 11.3 Å². The Bertz CT molecular complexity index is 1070.